The molecule has 1 saturated heterocycles. The molecule has 0 bridgehead atoms. The van der Waals surface area contributed by atoms with Crippen LogP contribution < -0.4 is 19.3 Å². The van der Waals surface area contributed by atoms with Gasteiger partial charge in [-0.25, -0.2) is 9.97 Å². The van der Waals surface area contributed by atoms with Crippen LogP contribution >= 0.6 is 22.7 Å². The van der Waals surface area contributed by atoms with Gasteiger partial charge in [0, 0.05) is 6.54 Å². The largest absolute Gasteiger partial charge is 0.494 e. The van der Waals surface area contributed by atoms with E-state index in [-0.39, 0.29) is 0 Å². The van der Waals surface area contributed by atoms with Crippen LogP contribution in [0.15, 0.2) is 36.4 Å². The summed E-state index contributed by atoms with van der Waals surface area (Å²) in [7, 11) is 0. The first-order valence-corrected chi connectivity index (χ1v) is 13.1. The highest BCUT2D eigenvalue weighted by atomic mass is 32.1. The normalized spacial score (nSPS) is 15.0. The van der Waals surface area contributed by atoms with Crippen LogP contribution in [0.1, 0.15) is 27.2 Å². The zero-order chi connectivity index (χ0) is 22.8. The van der Waals surface area contributed by atoms with Crippen LogP contribution in [0.25, 0.3) is 20.4 Å². The fourth-order valence-electron chi connectivity index (χ4n) is 4.09. The third kappa shape index (κ3) is 4.71. The molecule has 5 rings (SSSR count). The Labute approximate surface area is 202 Å². The van der Waals surface area contributed by atoms with Crippen LogP contribution in [-0.4, -0.2) is 54.6 Å². The van der Waals surface area contributed by atoms with Crippen LogP contribution in [0.4, 0.5) is 10.3 Å². The van der Waals surface area contributed by atoms with Crippen LogP contribution in [-0.2, 0) is 0 Å². The lowest BCUT2D eigenvalue weighted by molar-refractivity contribution is 0.242. The minimum atomic E-state index is 0.665. The molecule has 7 nitrogen and oxygen atoms in total. The van der Waals surface area contributed by atoms with Gasteiger partial charge in [0.1, 0.15) is 11.5 Å². The van der Waals surface area contributed by atoms with Crippen molar-refractivity contribution in [2.45, 2.75) is 27.2 Å². The molecule has 0 spiro atoms. The molecule has 0 amide bonds. The maximum Gasteiger partial charge on any atom is 0.188 e. The first-order chi connectivity index (χ1) is 16.2. The summed E-state index contributed by atoms with van der Waals surface area (Å²) in [4.78, 5) is 17.0. The van der Waals surface area contributed by atoms with Crippen LogP contribution in [0.2, 0.25) is 0 Å². The molecule has 0 radical (unpaired) electrons. The van der Waals surface area contributed by atoms with E-state index in [2.05, 4.69) is 45.9 Å². The van der Waals surface area contributed by atoms with E-state index in [1.165, 1.54) is 0 Å². The third-order valence-corrected chi connectivity index (χ3v) is 7.64. The average molecular weight is 484 g/mol. The van der Waals surface area contributed by atoms with Crippen molar-refractivity contribution in [2.75, 3.05) is 49.6 Å². The van der Waals surface area contributed by atoms with Crippen LogP contribution in [0.3, 0.4) is 0 Å². The molecule has 0 aliphatic carbocycles. The Morgan fingerprint density at radius 2 is 1.27 bits per heavy atom. The molecule has 9 heteroatoms. The van der Waals surface area contributed by atoms with Crippen molar-refractivity contribution in [1.82, 2.24) is 14.9 Å². The Kier molecular flexibility index (Phi) is 6.52. The van der Waals surface area contributed by atoms with Crippen molar-refractivity contribution in [3.8, 4) is 11.5 Å². The van der Waals surface area contributed by atoms with Gasteiger partial charge in [-0.05, 0) is 56.7 Å². The zero-order valence-corrected chi connectivity index (χ0v) is 20.9. The summed E-state index contributed by atoms with van der Waals surface area (Å²) in [5.41, 5.74) is 2.03. The number of thiazole rings is 2. The van der Waals surface area contributed by atoms with Crippen LogP contribution in [0.5, 0.6) is 11.5 Å². The minimum Gasteiger partial charge on any atom is -0.494 e. The molecule has 1 aliphatic heterocycles. The highest BCUT2D eigenvalue weighted by molar-refractivity contribution is 7.22. The molecule has 0 atom stereocenters. The standard InChI is InChI=1S/C24H29N5O2S2/c1-4-11-27-14-28(23-25-19-9-7-17(30-5-2)12-21(19)32-23)16-29(15-27)24-26-20-10-8-18(31-6-3)13-22(20)33-24/h7-10,12-13H,4-6,11,14-16H2,1-3H3. The van der Waals surface area contributed by atoms with Gasteiger partial charge in [0.05, 0.1) is 53.7 Å². The third-order valence-electron chi connectivity index (χ3n) is 5.48. The summed E-state index contributed by atoms with van der Waals surface area (Å²) >= 11 is 3.44. The monoisotopic (exact) mass is 483 g/mol. The summed E-state index contributed by atoms with van der Waals surface area (Å²) in [5.74, 6) is 1.79. The Bertz CT molecular complexity index is 1150. The summed E-state index contributed by atoms with van der Waals surface area (Å²) in [6.45, 7) is 11.1. The molecule has 3 heterocycles. The smallest absolute Gasteiger partial charge is 0.188 e. The lowest BCUT2D eigenvalue weighted by atomic mass is 10.3. The second-order valence-electron chi connectivity index (χ2n) is 8.02. The quantitative estimate of drug-likeness (QED) is 0.323. The second-order valence-corrected chi connectivity index (χ2v) is 10.0. The molecule has 33 heavy (non-hydrogen) atoms. The van der Waals surface area contributed by atoms with Gasteiger partial charge in [0.25, 0.3) is 0 Å². The molecule has 1 aliphatic rings. The fraction of sp³-hybridized carbons (Fsp3) is 0.417. The van der Waals surface area contributed by atoms with E-state index >= 15 is 0 Å². The van der Waals surface area contributed by atoms with Crippen molar-refractivity contribution >= 4 is 53.4 Å². The molecule has 1 fully saturated rings. The summed E-state index contributed by atoms with van der Waals surface area (Å²) in [6.07, 6.45) is 1.11. The van der Waals surface area contributed by atoms with Gasteiger partial charge in [-0.1, -0.05) is 29.6 Å². The van der Waals surface area contributed by atoms with Gasteiger partial charge >= 0.3 is 0 Å². The maximum atomic E-state index is 5.68. The first kappa shape index (κ1) is 22.2. The van der Waals surface area contributed by atoms with E-state index in [1.54, 1.807) is 22.7 Å². The lowest BCUT2D eigenvalue weighted by Gasteiger charge is -2.42. The Morgan fingerprint density at radius 3 is 1.73 bits per heavy atom. The first-order valence-electron chi connectivity index (χ1n) is 11.5. The molecule has 0 unspecified atom stereocenters. The number of rotatable bonds is 8. The van der Waals surface area contributed by atoms with E-state index in [9.17, 15) is 0 Å². The topological polar surface area (TPSA) is 54.0 Å². The van der Waals surface area contributed by atoms with Crippen LogP contribution in [0, 0.1) is 0 Å². The van der Waals surface area contributed by atoms with Crippen molar-refractivity contribution in [3.05, 3.63) is 36.4 Å². The molecule has 4 aromatic rings. The lowest BCUT2D eigenvalue weighted by Crippen LogP contribution is -2.55. The SMILES string of the molecule is CCCN1CN(c2nc3ccc(OCC)cc3s2)CN(c2nc3ccc(OCC)cc3s2)C1. The molecule has 2 aromatic carbocycles. The number of nitrogens with zero attached hydrogens (tertiary/aromatic N) is 5. The molecule has 174 valence electrons. The Morgan fingerprint density at radius 1 is 0.758 bits per heavy atom. The summed E-state index contributed by atoms with van der Waals surface area (Å²) in [6, 6.07) is 12.3. The summed E-state index contributed by atoms with van der Waals surface area (Å²) in [5, 5.41) is 2.06. The zero-order valence-electron chi connectivity index (χ0n) is 19.3. The van der Waals surface area contributed by atoms with Gasteiger partial charge in [0.15, 0.2) is 10.3 Å². The number of fused-ring (bicyclic) bond motifs is 2. The number of anilines is 2. The van der Waals surface area contributed by atoms with E-state index in [1.807, 2.05) is 26.0 Å². The van der Waals surface area contributed by atoms with E-state index in [4.69, 9.17) is 19.4 Å². The van der Waals surface area contributed by atoms with E-state index < -0.39 is 0 Å². The van der Waals surface area contributed by atoms with E-state index in [0.29, 0.717) is 13.2 Å². The van der Waals surface area contributed by atoms with E-state index in [0.717, 1.165) is 75.2 Å². The number of hydrogen-bond acceptors (Lipinski definition) is 9. The van der Waals surface area contributed by atoms with Gasteiger partial charge in [-0.15, -0.1) is 0 Å². The van der Waals surface area contributed by atoms with Gasteiger partial charge in [0.2, 0.25) is 0 Å². The highest BCUT2D eigenvalue weighted by Gasteiger charge is 2.27. The molecular weight excluding hydrogens is 454 g/mol. The fourth-order valence-corrected chi connectivity index (χ4v) is 6.05. The Hall–Kier alpha value is -2.62. The minimum absolute atomic E-state index is 0.665. The molecule has 2 aromatic heterocycles. The highest BCUT2D eigenvalue weighted by Crippen LogP contribution is 2.35. The number of benzene rings is 2. The molecular formula is C24H29N5O2S2. The second kappa shape index (κ2) is 9.70. The maximum absolute atomic E-state index is 5.68. The molecule has 0 N–H and O–H groups in total. The average Bonchev–Trinajstić information content (AvgIpc) is 3.43. The van der Waals surface area contributed by atoms with Crippen molar-refractivity contribution in [3.63, 3.8) is 0 Å². The van der Waals surface area contributed by atoms with Gasteiger partial charge in [-0.3, -0.25) is 4.90 Å². The predicted octanol–water partition coefficient (Wildman–Crippen LogP) is 5.61. The number of aromatic nitrogens is 2. The molecule has 0 saturated carbocycles. The van der Waals surface area contributed by atoms with Crippen molar-refractivity contribution in [2.24, 2.45) is 0 Å². The van der Waals surface area contributed by atoms with Crippen molar-refractivity contribution in [1.29, 1.82) is 0 Å². The Balaban J connectivity index is 1.43. The van der Waals surface area contributed by atoms with Crippen molar-refractivity contribution < 1.29 is 9.47 Å². The number of hydrogen-bond donors (Lipinski definition) is 0. The predicted molar refractivity (Wildman–Crippen MR) is 138 cm³/mol. The summed E-state index contributed by atoms with van der Waals surface area (Å²) < 4.78 is 13.7. The number of ether oxygens (including phenoxy) is 2. The van der Waals surface area contributed by atoms with Gasteiger partial charge < -0.3 is 19.3 Å². The van der Waals surface area contributed by atoms with Gasteiger partial charge in [-0.2, -0.15) is 0 Å².